The Morgan fingerprint density at radius 2 is 1.95 bits per heavy atom. The Morgan fingerprint density at radius 3 is 2.65 bits per heavy atom. The fourth-order valence-electron chi connectivity index (χ4n) is 2.08. The van der Waals surface area contributed by atoms with E-state index in [2.05, 4.69) is 22.2 Å². The van der Waals surface area contributed by atoms with Crippen LogP contribution in [-0.4, -0.2) is 23.6 Å². The SMILES string of the molecule is CCNCc1cc(C)nc(-c2ccc(C)cc2OC)n1. The molecule has 20 heavy (non-hydrogen) atoms. The van der Waals surface area contributed by atoms with Crippen LogP contribution in [-0.2, 0) is 6.54 Å². The summed E-state index contributed by atoms with van der Waals surface area (Å²) in [5, 5.41) is 3.29. The lowest BCUT2D eigenvalue weighted by Crippen LogP contribution is -2.13. The maximum atomic E-state index is 5.45. The van der Waals surface area contributed by atoms with E-state index in [1.54, 1.807) is 7.11 Å². The number of methoxy groups -OCH3 is 1. The maximum Gasteiger partial charge on any atom is 0.163 e. The van der Waals surface area contributed by atoms with Gasteiger partial charge in [-0.1, -0.05) is 13.0 Å². The highest BCUT2D eigenvalue weighted by Gasteiger charge is 2.10. The molecule has 0 amide bonds. The van der Waals surface area contributed by atoms with Crippen molar-refractivity contribution in [3.8, 4) is 17.1 Å². The predicted octanol–water partition coefficient (Wildman–Crippen LogP) is 2.88. The number of benzene rings is 1. The van der Waals surface area contributed by atoms with Gasteiger partial charge in [-0.3, -0.25) is 0 Å². The van der Waals surface area contributed by atoms with E-state index in [0.717, 1.165) is 47.2 Å². The second-order valence-corrected chi connectivity index (χ2v) is 4.81. The van der Waals surface area contributed by atoms with Crippen molar-refractivity contribution >= 4 is 0 Å². The van der Waals surface area contributed by atoms with Gasteiger partial charge in [0.25, 0.3) is 0 Å². The van der Waals surface area contributed by atoms with Crippen LogP contribution in [0.3, 0.4) is 0 Å². The molecule has 1 heterocycles. The quantitative estimate of drug-likeness (QED) is 0.908. The Labute approximate surface area is 120 Å². The molecule has 2 aromatic rings. The molecule has 2 rings (SSSR count). The van der Waals surface area contributed by atoms with E-state index in [1.165, 1.54) is 0 Å². The first-order chi connectivity index (χ1) is 9.63. The summed E-state index contributed by atoms with van der Waals surface area (Å²) in [6.45, 7) is 7.78. The minimum Gasteiger partial charge on any atom is -0.496 e. The van der Waals surface area contributed by atoms with Crippen LogP contribution in [0.5, 0.6) is 5.75 Å². The summed E-state index contributed by atoms with van der Waals surface area (Å²) in [7, 11) is 1.67. The molecule has 0 fully saturated rings. The highest BCUT2D eigenvalue weighted by atomic mass is 16.5. The molecule has 0 saturated heterocycles. The van der Waals surface area contributed by atoms with Crippen molar-refractivity contribution < 1.29 is 4.74 Å². The van der Waals surface area contributed by atoms with E-state index in [0.29, 0.717) is 0 Å². The minimum absolute atomic E-state index is 0.717. The van der Waals surface area contributed by atoms with Gasteiger partial charge >= 0.3 is 0 Å². The second kappa shape index (κ2) is 6.48. The number of nitrogens with zero attached hydrogens (tertiary/aromatic N) is 2. The number of aryl methyl sites for hydroxylation is 2. The largest absolute Gasteiger partial charge is 0.496 e. The molecule has 0 saturated carbocycles. The van der Waals surface area contributed by atoms with Gasteiger partial charge in [0.15, 0.2) is 5.82 Å². The van der Waals surface area contributed by atoms with E-state index >= 15 is 0 Å². The summed E-state index contributed by atoms with van der Waals surface area (Å²) < 4.78 is 5.45. The Balaban J connectivity index is 2.44. The van der Waals surface area contributed by atoms with E-state index in [4.69, 9.17) is 4.74 Å². The van der Waals surface area contributed by atoms with E-state index in [1.807, 2.05) is 38.1 Å². The highest BCUT2D eigenvalue weighted by molar-refractivity contribution is 5.65. The first-order valence-electron chi connectivity index (χ1n) is 6.84. The molecule has 1 aromatic carbocycles. The van der Waals surface area contributed by atoms with E-state index < -0.39 is 0 Å². The third-order valence-electron chi connectivity index (χ3n) is 3.06. The van der Waals surface area contributed by atoms with Gasteiger partial charge in [0.05, 0.1) is 18.4 Å². The number of aromatic nitrogens is 2. The average molecular weight is 271 g/mol. The van der Waals surface area contributed by atoms with Crippen molar-refractivity contribution in [3.63, 3.8) is 0 Å². The molecule has 0 bridgehead atoms. The van der Waals surface area contributed by atoms with Gasteiger partial charge in [-0.15, -0.1) is 0 Å². The van der Waals surface area contributed by atoms with Crippen molar-refractivity contribution in [2.45, 2.75) is 27.3 Å². The lowest BCUT2D eigenvalue weighted by Gasteiger charge is -2.10. The topological polar surface area (TPSA) is 47.0 Å². The van der Waals surface area contributed by atoms with Crippen LogP contribution in [0, 0.1) is 13.8 Å². The predicted molar refractivity (Wildman–Crippen MR) is 80.9 cm³/mol. The van der Waals surface area contributed by atoms with Crippen molar-refractivity contribution in [1.82, 2.24) is 15.3 Å². The van der Waals surface area contributed by atoms with Crippen molar-refractivity contribution in [2.24, 2.45) is 0 Å². The fourth-order valence-corrected chi connectivity index (χ4v) is 2.08. The number of hydrogen-bond acceptors (Lipinski definition) is 4. The lowest BCUT2D eigenvalue weighted by molar-refractivity contribution is 0.416. The standard InChI is InChI=1S/C16H21N3O/c1-5-17-10-13-9-12(3)18-16(19-13)14-7-6-11(2)8-15(14)20-4/h6-9,17H,5,10H2,1-4H3. The molecule has 0 atom stereocenters. The maximum absolute atomic E-state index is 5.45. The Hall–Kier alpha value is -1.94. The molecule has 4 heteroatoms. The van der Waals surface area contributed by atoms with Crippen molar-refractivity contribution in [2.75, 3.05) is 13.7 Å². The third-order valence-corrected chi connectivity index (χ3v) is 3.06. The third kappa shape index (κ3) is 3.33. The zero-order valence-corrected chi connectivity index (χ0v) is 12.5. The zero-order valence-electron chi connectivity index (χ0n) is 12.5. The molecular formula is C16H21N3O. The summed E-state index contributed by atoms with van der Waals surface area (Å²) in [5.41, 5.74) is 4.05. The molecule has 0 radical (unpaired) electrons. The van der Waals surface area contributed by atoms with Crippen molar-refractivity contribution in [1.29, 1.82) is 0 Å². The van der Waals surface area contributed by atoms with Crippen LogP contribution in [0.1, 0.15) is 23.9 Å². The molecule has 106 valence electrons. The summed E-state index contributed by atoms with van der Waals surface area (Å²) in [6.07, 6.45) is 0. The van der Waals surface area contributed by atoms with Gasteiger partial charge in [0, 0.05) is 12.2 Å². The first-order valence-corrected chi connectivity index (χ1v) is 6.84. The molecule has 0 unspecified atom stereocenters. The highest BCUT2D eigenvalue weighted by Crippen LogP contribution is 2.28. The molecule has 0 spiro atoms. The Morgan fingerprint density at radius 1 is 1.15 bits per heavy atom. The smallest absolute Gasteiger partial charge is 0.163 e. The van der Waals surface area contributed by atoms with E-state index in [-0.39, 0.29) is 0 Å². The van der Waals surface area contributed by atoms with Gasteiger partial charge in [0.2, 0.25) is 0 Å². The summed E-state index contributed by atoms with van der Waals surface area (Å²) in [5.74, 6) is 1.53. The van der Waals surface area contributed by atoms with Gasteiger partial charge < -0.3 is 10.1 Å². The number of nitrogens with one attached hydrogen (secondary N) is 1. The van der Waals surface area contributed by atoms with Gasteiger partial charge in [-0.2, -0.15) is 0 Å². The normalized spacial score (nSPS) is 10.6. The monoisotopic (exact) mass is 271 g/mol. The van der Waals surface area contributed by atoms with Crippen LogP contribution in [0.25, 0.3) is 11.4 Å². The number of ether oxygens (including phenoxy) is 1. The molecular weight excluding hydrogens is 250 g/mol. The fraction of sp³-hybridized carbons (Fsp3) is 0.375. The van der Waals surface area contributed by atoms with Gasteiger partial charge in [0.1, 0.15) is 5.75 Å². The molecule has 4 nitrogen and oxygen atoms in total. The van der Waals surface area contributed by atoms with Crippen molar-refractivity contribution in [3.05, 3.63) is 41.2 Å². The first kappa shape index (κ1) is 14.5. The molecule has 0 aliphatic heterocycles. The van der Waals surface area contributed by atoms with Crippen LogP contribution in [0.4, 0.5) is 0 Å². The summed E-state index contributed by atoms with van der Waals surface area (Å²) in [6, 6.07) is 8.07. The minimum atomic E-state index is 0.717. The molecule has 1 N–H and O–H groups in total. The average Bonchev–Trinajstić information content (AvgIpc) is 2.44. The molecule has 0 aliphatic carbocycles. The summed E-state index contributed by atoms with van der Waals surface area (Å²) in [4.78, 5) is 9.16. The molecule has 1 aromatic heterocycles. The summed E-state index contributed by atoms with van der Waals surface area (Å²) >= 11 is 0. The van der Waals surface area contributed by atoms with Crippen LogP contribution < -0.4 is 10.1 Å². The Bertz CT molecular complexity index is 596. The van der Waals surface area contributed by atoms with Crippen LogP contribution in [0.15, 0.2) is 24.3 Å². The lowest BCUT2D eigenvalue weighted by atomic mass is 10.1. The van der Waals surface area contributed by atoms with Crippen LogP contribution in [0.2, 0.25) is 0 Å². The zero-order chi connectivity index (χ0) is 14.5. The van der Waals surface area contributed by atoms with Crippen LogP contribution >= 0.6 is 0 Å². The molecule has 0 aliphatic rings. The number of hydrogen-bond donors (Lipinski definition) is 1. The number of rotatable bonds is 5. The van der Waals surface area contributed by atoms with Gasteiger partial charge in [-0.25, -0.2) is 9.97 Å². The van der Waals surface area contributed by atoms with Gasteiger partial charge in [-0.05, 0) is 44.2 Å². The Kier molecular flexibility index (Phi) is 4.69. The van der Waals surface area contributed by atoms with E-state index in [9.17, 15) is 0 Å². The second-order valence-electron chi connectivity index (χ2n) is 4.81.